The Bertz CT molecular complexity index is 1400. The van der Waals surface area contributed by atoms with Crippen LogP contribution in [0.4, 0.5) is 5.69 Å². The summed E-state index contributed by atoms with van der Waals surface area (Å²) < 4.78 is 1.05. The molecule has 6 heteroatoms. The fourth-order valence-corrected chi connectivity index (χ4v) is 4.25. The van der Waals surface area contributed by atoms with Crippen LogP contribution in [0.5, 0.6) is 0 Å². The number of para-hydroxylation sites is 3. The Morgan fingerprint density at radius 1 is 0.931 bits per heavy atom. The second-order valence-electron chi connectivity index (χ2n) is 6.58. The third-order valence-electron chi connectivity index (χ3n) is 4.68. The maximum absolute atomic E-state index is 12.9. The average molecular weight is 397 g/mol. The Balaban J connectivity index is 1.55. The highest BCUT2D eigenvalue weighted by Gasteiger charge is 2.16. The van der Waals surface area contributed by atoms with Crippen molar-refractivity contribution in [3.05, 3.63) is 94.1 Å². The average Bonchev–Trinajstić information content (AvgIpc) is 3.18. The van der Waals surface area contributed by atoms with E-state index in [-0.39, 0.29) is 17.2 Å². The van der Waals surface area contributed by atoms with Crippen LogP contribution in [-0.4, -0.2) is 15.9 Å². The molecule has 1 amide bonds. The van der Waals surface area contributed by atoms with Gasteiger partial charge in [0.15, 0.2) is 0 Å². The third-order valence-corrected chi connectivity index (χ3v) is 5.79. The fourth-order valence-electron chi connectivity index (χ4n) is 3.29. The van der Waals surface area contributed by atoms with Crippen molar-refractivity contribution in [1.29, 1.82) is 0 Å². The van der Waals surface area contributed by atoms with Crippen LogP contribution >= 0.6 is 11.3 Å². The lowest BCUT2D eigenvalue weighted by Gasteiger charge is -2.10. The van der Waals surface area contributed by atoms with Crippen LogP contribution < -0.4 is 10.9 Å². The van der Waals surface area contributed by atoms with Crippen LogP contribution in [0.3, 0.4) is 0 Å². The van der Waals surface area contributed by atoms with Gasteiger partial charge in [-0.15, -0.1) is 11.3 Å². The predicted octanol–water partition coefficient (Wildman–Crippen LogP) is 5.06. The van der Waals surface area contributed by atoms with E-state index in [0.717, 1.165) is 10.1 Å². The molecular weight excluding hydrogens is 382 g/mol. The van der Waals surface area contributed by atoms with Crippen molar-refractivity contribution < 1.29 is 4.79 Å². The van der Waals surface area contributed by atoms with Gasteiger partial charge in [0.2, 0.25) is 0 Å². The number of H-pyrrole nitrogens is 1. The second kappa shape index (κ2) is 7.00. The van der Waals surface area contributed by atoms with Gasteiger partial charge in [-0.05, 0) is 35.7 Å². The number of fused-ring (bicyclic) bond motifs is 2. The Morgan fingerprint density at radius 2 is 1.69 bits per heavy atom. The van der Waals surface area contributed by atoms with E-state index in [1.807, 2.05) is 66.7 Å². The molecule has 0 radical (unpaired) electrons. The lowest BCUT2D eigenvalue weighted by atomic mass is 10.1. The van der Waals surface area contributed by atoms with Gasteiger partial charge in [-0.1, -0.05) is 48.5 Å². The quantitative estimate of drug-likeness (QED) is 0.447. The van der Waals surface area contributed by atoms with E-state index in [4.69, 9.17) is 0 Å². The van der Waals surface area contributed by atoms with Crippen LogP contribution in [0.1, 0.15) is 9.67 Å². The lowest BCUT2D eigenvalue weighted by molar-refractivity contribution is 0.103. The van der Waals surface area contributed by atoms with E-state index < -0.39 is 0 Å². The summed E-state index contributed by atoms with van der Waals surface area (Å²) >= 11 is 1.44. The summed E-state index contributed by atoms with van der Waals surface area (Å²) in [5.41, 5.74) is 2.46. The van der Waals surface area contributed by atoms with Gasteiger partial charge in [-0.3, -0.25) is 9.59 Å². The molecule has 2 N–H and O–H groups in total. The number of aromatic amines is 1. The molecule has 140 valence electrons. The monoisotopic (exact) mass is 397 g/mol. The number of hydrogen-bond donors (Lipinski definition) is 2. The number of benzene rings is 3. The molecule has 0 fully saturated rings. The number of hydrogen-bond acceptors (Lipinski definition) is 4. The van der Waals surface area contributed by atoms with Gasteiger partial charge in [0.1, 0.15) is 5.69 Å². The van der Waals surface area contributed by atoms with Crippen molar-refractivity contribution in [3.8, 4) is 11.3 Å². The molecule has 5 rings (SSSR count). The molecule has 0 saturated heterocycles. The zero-order chi connectivity index (χ0) is 19.8. The maximum Gasteiger partial charge on any atom is 0.275 e. The molecule has 0 aliphatic carbocycles. The van der Waals surface area contributed by atoms with Crippen molar-refractivity contribution in [2.75, 3.05) is 5.32 Å². The predicted molar refractivity (Wildman–Crippen MR) is 118 cm³/mol. The minimum absolute atomic E-state index is 0.212. The van der Waals surface area contributed by atoms with Crippen molar-refractivity contribution in [3.63, 3.8) is 0 Å². The SMILES string of the molecule is O=C(Nc1ccccc1-c1nc2ccccc2[nH]c1=O)c1cc2ccccc2s1. The molecule has 0 spiro atoms. The number of thiophene rings is 1. The first-order chi connectivity index (χ1) is 14.2. The first-order valence-corrected chi connectivity index (χ1v) is 9.89. The van der Waals surface area contributed by atoms with Gasteiger partial charge < -0.3 is 10.3 Å². The highest BCUT2D eigenvalue weighted by molar-refractivity contribution is 7.20. The van der Waals surface area contributed by atoms with Crippen LogP contribution in [0.25, 0.3) is 32.4 Å². The number of carbonyl (C=O) groups is 1. The van der Waals surface area contributed by atoms with E-state index in [9.17, 15) is 9.59 Å². The Labute approximate surface area is 169 Å². The van der Waals surface area contributed by atoms with Crippen LogP contribution in [0.2, 0.25) is 0 Å². The standard InChI is InChI=1S/C23H15N3O2S/c27-22(20-13-14-7-1-6-12-19(14)29-20)25-16-9-3-2-8-15(16)21-23(28)26-18-11-5-4-10-17(18)24-21/h1-13H,(H,25,27)(H,26,28). The van der Waals surface area contributed by atoms with Crippen molar-refractivity contribution >= 4 is 44.1 Å². The summed E-state index contributed by atoms with van der Waals surface area (Å²) in [7, 11) is 0. The molecule has 2 aromatic heterocycles. The van der Waals surface area contributed by atoms with E-state index in [1.165, 1.54) is 11.3 Å². The summed E-state index contributed by atoms with van der Waals surface area (Å²) in [4.78, 5) is 33.5. The molecule has 5 nitrogen and oxygen atoms in total. The lowest BCUT2D eigenvalue weighted by Crippen LogP contribution is -2.15. The Morgan fingerprint density at radius 3 is 2.59 bits per heavy atom. The highest BCUT2D eigenvalue weighted by Crippen LogP contribution is 2.29. The number of nitrogens with one attached hydrogen (secondary N) is 2. The van der Waals surface area contributed by atoms with Gasteiger partial charge in [-0.2, -0.15) is 0 Å². The number of aromatic nitrogens is 2. The molecule has 3 aromatic carbocycles. The van der Waals surface area contributed by atoms with Crippen molar-refractivity contribution in [2.45, 2.75) is 0 Å². The van der Waals surface area contributed by atoms with Gasteiger partial charge >= 0.3 is 0 Å². The number of rotatable bonds is 3. The van der Waals surface area contributed by atoms with Gasteiger partial charge in [-0.25, -0.2) is 4.98 Å². The normalized spacial score (nSPS) is 11.0. The first kappa shape index (κ1) is 17.3. The van der Waals surface area contributed by atoms with E-state index in [2.05, 4.69) is 15.3 Å². The Hall–Kier alpha value is -3.77. The minimum atomic E-state index is -0.299. The second-order valence-corrected chi connectivity index (χ2v) is 7.66. The highest BCUT2D eigenvalue weighted by atomic mass is 32.1. The minimum Gasteiger partial charge on any atom is -0.321 e. The molecule has 29 heavy (non-hydrogen) atoms. The molecule has 0 aliphatic heterocycles. The summed E-state index contributed by atoms with van der Waals surface area (Å²) in [6.45, 7) is 0. The molecule has 0 atom stereocenters. The number of anilines is 1. The summed E-state index contributed by atoms with van der Waals surface area (Å²) in [5.74, 6) is -0.212. The van der Waals surface area contributed by atoms with Gasteiger partial charge in [0, 0.05) is 10.3 Å². The topological polar surface area (TPSA) is 74.8 Å². The smallest absolute Gasteiger partial charge is 0.275 e. The summed E-state index contributed by atoms with van der Waals surface area (Å²) in [6, 6.07) is 24.3. The summed E-state index contributed by atoms with van der Waals surface area (Å²) in [5, 5.41) is 3.97. The Kier molecular flexibility index (Phi) is 4.18. The number of carbonyl (C=O) groups excluding carboxylic acids is 1. The van der Waals surface area contributed by atoms with Gasteiger partial charge in [0.25, 0.3) is 11.5 Å². The zero-order valence-corrected chi connectivity index (χ0v) is 16.0. The maximum atomic E-state index is 12.9. The van der Waals surface area contributed by atoms with E-state index in [1.54, 1.807) is 12.1 Å². The van der Waals surface area contributed by atoms with Crippen LogP contribution in [0.15, 0.2) is 83.7 Å². The third kappa shape index (κ3) is 3.19. The molecular formula is C23H15N3O2S. The number of nitrogens with zero attached hydrogens (tertiary/aromatic N) is 1. The summed E-state index contributed by atoms with van der Waals surface area (Å²) in [6.07, 6.45) is 0. The molecule has 0 bridgehead atoms. The van der Waals surface area contributed by atoms with E-state index in [0.29, 0.717) is 27.2 Å². The first-order valence-electron chi connectivity index (χ1n) is 9.07. The van der Waals surface area contributed by atoms with Crippen LogP contribution in [-0.2, 0) is 0 Å². The van der Waals surface area contributed by atoms with Crippen molar-refractivity contribution in [2.24, 2.45) is 0 Å². The largest absolute Gasteiger partial charge is 0.321 e. The molecule has 2 heterocycles. The zero-order valence-electron chi connectivity index (χ0n) is 15.2. The van der Waals surface area contributed by atoms with E-state index >= 15 is 0 Å². The molecule has 5 aromatic rings. The van der Waals surface area contributed by atoms with Gasteiger partial charge in [0.05, 0.1) is 21.6 Å². The number of amides is 1. The molecule has 0 aliphatic rings. The molecule has 0 saturated carbocycles. The van der Waals surface area contributed by atoms with Crippen LogP contribution in [0, 0.1) is 0 Å². The molecule has 0 unspecified atom stereocenters. The fraction of sp³-hybridized carbons (Fsp3) is 0. The van der Waals surface area contributed by atoms with Crippen molar-refractivity contribution in [1.82, 2.24) is 9.97 Å².